The van der Waals surface area contributed by atoms with Crippen LogP contribution in [0.4, 0.5) is 0 Å². The van der Waals surface area contributed by atoms with Crippen molar-refractivity contribution in [3.05, 3.63) is 65.2 Å². The highest BCUT2D eigenvalue weighted by Crippen LogP contribution is 2.23. The number of amides is 1. The fourth-order valence-electron chi connectivity index (χ4n) is 2.79. The van der Waals surface area contributed by atoms with Crippen molar-refractivity contribution >= 4 is 27.5 Å². The Labute approximate surface area is 152 Å². The predicted molar refractivity (Wildman–Crippen MR) is 104 cm³/mol. The number of likely N-dealkylation sites (N-methyl/N-ethyl adjacent to an activating group) is 2. The molecule has 0 bridgehead atoms. The number of aromatic nitrogens is 1. The average Bonchev–Trinajstić information content (AvgIpc) is 3.03. The molecule has 0 aliphatic rings. The van der Waals surface area contributed by atoms with Crippen molar-refractivity contribution in [2.75, 3.05) is 20.6 Å². The van der Waals surface area contributed by atoms with E-state index >= 15 is 0 Å². The number of rotatable bonds is 6. The maximum atomic E-state index is 12.6. The largest absolute Gasteiger partial charge is 0.338 e. The number of hydrogen-bond acceptors (Lipinski definition) is 4. The molecule has 130 valence electrons. The van der Waals surface area contributed by atoms with Crippen LogP contribution >= 0.6 is 11.3 Å². The van der Waals surface area contributed by atoms with Crippen LogP contribution in [0.1, 0.15) is 23.5 Å². The average molecular weight is 353 g/mol. The Morgan fingerprint density at radius 3 is 2.48 bits per heavy atom. The fraction of sp³-hybridized carbons (Fsp3) is 0.300. The van der Waals surface area contributed by atoms with Crippen molar-refractivity contribution in [3.8, 4) is 0 Å². The molecule has 3 aromatic rings. The molecule has 5 heteroatoms. The predicted octanol–water partition coefficient (Wildman–Crippen LogP) is 3.95. The van der Waals surface area contributed by atoms with Gasteiger partial charge in [-0.25, -0.2) is 4.98 Å². The minimum absolute atomic E-state index is 0.0598. The van der Waals surface area contributed by atoms with Crippen molar-refractivity contribution in [3.63, 3.8) is 0 Å². The van der Waals surface area contributed by atoms with Gasteiger partial charge in [-0.2, -0.15) is 0 Å². The second kappa shape index (κ2) is 7.76. The summed E-state index contributed by atoms with van der Waals surface area (Å²) in [6.07, 6.45) is 0. The lowest BCUT2D eigenvalue weighted by molar-refractivity contribution is -0.132. The van der Waals surface area contributed by atoms with Crippen molar-refractivity contribution in [1.82, 2.24) is 14.8 Å². The summed E-state index contributed by atoms with van der Waals surface area (Å²) in [7, 11) is 3.83. The highest BCUT2D eigenvalue weighted by atomic mass is 32.1. The normalized spacial score (nSPS) is 12.5. The first kappa shape index (κ1) is 17.6. The molecule has 2 aromatic carbocycles. The quantitative estimate of drug-likeness (QED) is 0.673. The van der Waals surface area contributed by atoms with E-state index in [2.05, 4.69) is 30.1 Å². The number of hydrogen-bond donors (Lipinski definition) is 0. The van der Waals surface area contributed by atoms with Gasteiger partial charge >= 0.3 is 0 Å². The third kappa shape index (κ3) is 4.24. The van der Waals surface area contributed by atoms with Gasteiger partial charge in [0.2, 0.25) is 5.91 Å². The van der Waals surface area contributed by atoms with Crippen LogP contribution in [0.25, 0.3) is 10.2 Å². The topological polar surface area (TPSA) is 36.4 Å². The molecule has 0 saturated heterocycles. The maximum Gasteiger partial charge on any atom is 0.236 e. The third-order valence-electron chi connectivity index (χ3n) is 4.40. The monoisotopic (exact) mass is 353 g/mol. The zero-order valence-corrected chi connectivity index (χ0v) is 15.7. The molecule has 1 heterocycles. The summed E-state index contributed by atoms with van der Waals surface area (Å²) in [5.41, 5.74) is 2.17. The number of carbonyl (C=O) groups excluding carboxylic acids is 1. The van der Waals surface area contributed by atoms with Gasteiger partial charge in [0.15, 0.2) is 0 Å². The first-order valence-electron chi connectivity index (χ1n) is 8.38. The zero-order chi connectivity index (χ0) is 17.8. The molecule has 0 aliphatic heterocycles. The van der Waals surface area contributed by atoms with E-state index in [0.717, 1.165) is 16.1 Å². The highest BCUT2D eigenvalue weighted by Gasteiger charge is 2.19. The van der Waals surface area contributed by atoms with Gasteiger partial charge in [0.05, 0.1) is 29.3 Å². The van der Waals surface area contributed by atoms with E-state index in [1.807, 2.05) is 60.3 Å². The van der Waals surface area contributed by atoms with Crippen LogP contribution in [0.3, 0.4) is 0 Å². The van der Waals surface area contributed by atoms with Crippen LogP contribution in [0.2, 0.25) is 0 Å². The lowest BCUT2D eigenvalue weighted by Crippen LogP contribution is -2.37. The minimum atomic E-state index is 0.0598. The van der Waals surface area contributed by atoms with Gasteiger partial charge in [0.1, 0.15) is 5.01 Å². The van der Waals surface area contributed by atoms with Crippen molar-refractivity contribution < 1.29 is 4.79 Å². The van der Waals surface area contributed by atoms with Crippen LogP contribution in [0, 0.1) is 0 Å². The molecule has 0 saturated carbocycles. The van der Waals surface area contributed by atoms with Crippen molar-refractivity contribution in [2.24, 2.45) is 0 Å². The molecule has 1 aromatic heterocycles. The number of nitrogens with zero attached hydrogens (tertiary/aromatic N) is 3. The van der Waals surface area contributed by atoms with Crippen LogP contribution in [0.15, 0.2) is 54.6 Å². The molecular formula is C20H23N3OS. The SMILES string of the molecule is C[C@@H](c1ccccc1)N(C)C(=O)CN(C)Cc1nc2ccccc2s1. The summed E-state index contributed by atoms with van der Waals surface area (Å²) >= 11 is 1.69. The van der Waals surface area contributed by atoms with E-state index < -0.39 is 0 Å². The summed E-state index contributed by atoms with van der Waals surface area (Å²) in [4.78, 5) is 21.1. The van der Waals surface area contributed by atoms with Gasteiger partial charge in [0, 0.05) is 7.05 Å². The molecule has 25 heavy (non-hydrogen) atoms. The van der Waals surface area contributed by atoms with Gasteiger partial charge in [-0.15, -0.1) is 11.3 Å². The fourth-order valence-corrected chi connectivity index (χ4v) is 3.84. The Hall–Kier alpha value is -2.24. The molecule has 0 aliphatic carbocycles. The van der Waals surface area contributed by atoms with Crippen molar-refractivity contribution in [1.29, 1.82) is 0 Å². The van der Waals surface area contributed by atoms with Gasteiger partial charge < -0.3 is 4.90 Å². The van der Waals surface area contributed by atoms with E-state index in [9.17, 15) is 4.79 Å². The first-order chi connectivity index (χ1) is 12.0. The number of fused-ring (bicyclic) bond motifs is 1. The van der Waals surface area contributed by atoms with E-state index in [-0.39, 0.29) is 11.9 Å². The number of thiazole rings is 1. The van der Waals surface area contributed by atoms with E-state index in [4.69, 9.17) is 0 Å². The number of carbonyl (C=O) groups is 1. The summed E-state index contributed by atoms with van der Waals surface area (Å²) in [5, 5.41) is 1.04. The molecular weight excluding hydrogens is 330 g/mol. The first-order valence-corrected chi connectivity index (χ1v) is 9.20. The lowest BCUT2D eigenvalue weighted by Gasteiger charge is -2.27. The Morgan fingerprint density at radius 1 is 1.08 bits per heavy atom. The van der Waals surface area contributed by atoms with Gasteiger partial charge in [-0.3, -0.25) is 9.69 Å². The van der Waals surface area contributed by atoms with E-state index in [0.29, 0.717) is 13.1 Å². The van der Waals surface area contributed by atoms with E-state index in [1.165, 1.54) is 4.70 Å². The second-order valence-corrected chi connectivity index (χ2v) is 7.45. The second-order valence-electron chi connectivity index (χ2n) is 6.34. The minimum Gasteiger partial charge on any atom is -0.338 e. The molecule has 1 atom stereocenters. The molecule has 1 amide bonds. The summed E-state index contributed by atoms with van der Waals surface area (Å²) in [6.45, 7) is 3.11. The zero-order valence-electron chi connectivity index (χ0n) is 14.8. The van der Waals surface area contributed by atoms with Crippen LogP contribution in [-0.2, 0) is 11.3 Å². The smallest absolute Gasteiger partial charge is 0.236 e. The molecule has 3 rings (SSSR count). The highest BCUT2D eigenvalue weighted by molar-refractivity contribution is 7.18. The molecule has 4 nitrogen and oxygen atoms in total. The Morgan fingerprint density at radius 2 is 1.76 bits per heavy atom. The molecule has 0 unspecified atom stereocenters. The summed E-state index contributed by atoms with van der Waals surface area (Å²) < 4.78 is 1.19. The van der Waals surface area contributed by atoms with Crippen LogP contribution in [-0.4, -0.2) is 41.3 Å². The number of para-hydroxylation sites is 1. The van der Waals surface area contributed by atoms with Gasteiger partial charge in [-0.1, -0.05) is 42.5 Å². The molecule has 0 radical (unpaired) electrons. The van der Waals surface area contributed by atoms with Crippen LogP contribution in [0.5, 0.6) is 0 Å². The van der Waals surface area contributed by atoms with Crippen LogP contribution < -0.4 is 0 Å². The maximum absolute atomic E-state index is 12.6. The third-order valence-corrected chi connectivity index (χ3v) is 5.43. The van der Waals surface area contributed by atoms with Gasteiger partial charge in [-0.05, 0) is 31.7 Å². The Kier molecular flexibility index (Phi) is 5.46. The standard InChI is InChI=1S/C20H23N3OS/c1-15(16-9-5-4-6-10-16)23(3)20(24)14-22(2)13-19-21-17-11-7-8-12-18(17)25-19/h4-12,15H,13-14H2,1-3H3/t15-/m0/s1. The summed E-state index contributed by atoms with van der Waals surface area (Å²) in [6, 6.07) is 18.3. The molecule has 0 N–H and O–H groups in total. The van der Waals surface area contributed by atoms with Crippen molar-refractivity contribution in [2.45, 2.75) is 19.5 Å². The van der Waals surface area contributed by atoms with Gasteiger partial charge in [0.25, 0.3) is 0 Å². The lowest BCUT2D eigenvalue weighted by atomic mass is 10.1. The number of benzene rings is 2. The van der Waals surface area contributed by atoms with E-state index in [1.54, 1.807) is 11.3 Å². The Balaban J connectivity index is 1.59. The molecule has 0 fully saturated rings. The molecule has 0 spiro atoms. The Bertz CT molecular complexity index is 813. The summed E-state index contributed by atoms with van der Waals surface area (Å²) in [5.74, 6) is 0.111.